The van der Waals surface area contributed by atoms with Crippen molar-refractivity contribution in [1.29, 1.82) is 0 Å². The maximum absolute atomic E-state index is 14.0. The number of nitrogens with zero attached hydrogens (tertiary/aromatic N) is 1. The molecule has 0 aliphatic heterocycles. The topological polar surface area (TPSA) is 47.1 Å². The quantitative estimate of drug-likeness (QED) is 0.479. The third-order valence-corrected chi connectivity index (χ3v) is 4.74. The van der Waals surface area contributed by atoms with Gasteiger partial charge in [0.1, 0.15) is 11.6 Å². The Hall–Kier alpha value is -1.66. The fraction of sp³-hybridized carbons (Fsp3) is 0.400. The molecule has 0 saturated carbocycles. The largest absolute Gasteiger partial charge is 0.467 e. The number of aromatic nitrogens is 2. The van der Waals surface area contributed by atoms with Crippen molar-refractivity contribution in [2.45, 2.75) is 25.7 Å². The van der Waals surface area contributed by atoms with Gasteiger partial charge in [0.05, 0.1) is 11.3 Å². The van der Waals surface area contributed by atoms with Gasteiger partial charge in [-0.25, -0.2) is 4.39 Å². The molecule has 0 amide bonds. The van der Waals surface area contributed by atoms with E-state index in [9.17, 15) is 4.39 Å². The lowest BCUT2D eigenvalue weighted by molar-refractivity contribution is 0.0222. The Bertz CT molecular complexity index is 568. The summed E-state index contributed by atoms with van der Waals surface area (Å²) in [4.78, 5) is 0. The highest BCUT2D eigenvalue weighted by Gasteiger charge is 2.14. The molecule has 21 heavy (non-hydrogen) atoms. The van der Waals surface area contributed by atoms with Crippen LogP contribution in [-0.2, 0) is 4.74 Å². The van der Waals surface area contributed by atoms with E-state index in [1.165, 1.54) is 6.07 Å². The minimum absolute atomic E-state index is 0.120. The van der Waals surface area contributed by atoms with Crippen LogP contribution in [0, 0.1) is 5.82 Å². The van der Waals surface area contributed by atoms with Gasteiger partial charge in [-0.15, -0.1) is 0 Å². The number of aromatic amines is 1. The van der Waals surface area contributed by atoms with Crippen LogP contribution in [0.1, 0.15) is 0 Å². The number of nitrogens with one attached hydrogen (secondary N) is 1. The average molecular weight is 308 g/mol. The number of hydrogen-bond donors (Lipinski definition) is 1. The van der Waals surface area contributed by atoms with Crippen LogP contribution >= 0.6 is 0 Å². The van der Waals surface area contributed by atoms with Gasteiger partial charge < -0.3 is 9.47 Å². The second kappa shape index (κ2) is 6.86. The summed E-state index contributed by atoms with van der Waals surface area (Å²) in [6, 6.07) is 7.52. The van der Waals surface area contributed by atoms with E-state index in [4.69, 9.17) is 9.47 Å². The first kappa shape index (κ1) is 15.7. The number of ether oxygens (including phenoxy) is 2. The van der Waals surface area contributed by atoms with Gasteiger partial charge >= 0.3 is 0 Å². The van der Waals surface area contributed by atoms with Crippen molar-refractivity contribution in [2.75, 3.05) is 13.4 Å². The predicted molar refractivity (Wildman–Crippen MR) is 83.6 cm³/mol. The number of halogens is 1. The normalized spacial score (nSPS) is 11.6. The molecule has 1 aromatic carbocycles. The van der Waals surface area contributed by atoms with Gasteiger partial charge in [0, 0.05) is 20.9 Å². The van der Waals surface area contributed by atoms with Crippen LogP contribution in [0.2, 0.25) is 25.7 Å². The molecule has 4 nitrogen and oxygen atoms in total. The summed E-state index contributed by atoms with van der Waals surface area (Å²) in [5.41, 5.74) is 0.967. The fourth-order valence-corrected chi connectivity index (χ4v) is 2.58. The minimum atomic E-state index is -1.10. The first-order chi connectivity index (χ1) is 9.97. The molecule has 0 spiro atoms. The summed E-state index contributed by atoms with van der Waals surface area (Å²) in [7, 11) is -1.10. The lowest BCUT2D eigenvalue weighted by Crippen LogP contribution is -2.22. The van der Waals surface area contributed by atoms with E-state index in [0.717, 1.165) is 6.04 Å². The van der Waals surface area contributed by atoms with Gasteiger partial charge in [-0.2, -0.15) is 5.10 Å². The zero-order valence-electron chi connectivity index (χ0n) is 12.6. The lowest BCUT2D eigenvalue weighted by atomic mass is 10.1. The summed E-state index contributed by atoms with van der Waals surface area (Å²) < 4.78 is 25.0. The highest BCUT2D eigenvalue weighted by atomic mass is 28.3. The maximum Gasteiger partial charge on any atom is 0.189 e. The summed E-state index contributed by atoms with van der Waals surface area (Å²) in [6.45, 7) is 7.67. The molecule has 6 heteroatoms. The van der Waals surface area contributed by atoms with Crippen molar-refractivity contribution in [1.82, 2.24) is 10.2 Å². The molecule has 1 N–H and O–H groups in total. The Morgan fingerprint density at radius 1 is 1.24 bits per heavy atom. The third kappa shape index (κ3) is 4.68. The molecule has 0 atom stereocenters. The van der Waals surface area contributed by atoms with E-state index in [-0.39, 0.29) is 12.6 Å². The van der Waals surface area contributed by atoms with Gasteiger partial charge in [0.25, 0.3) is 0 Å². The van der Waals surface area contributed by atoms with Crippen LogP contribution in [0.15, 0.2) is 30.5 Å². The van der Waals surface area contributed by atoms with E-state index in [1.807, 2.05) is 0 Å². The van der Waals surface area contributed by atoms with Gasteiger partial charge in [-0.05, 0) is 24.2 Å². The van der Waals surface area contributed by atoms with Gasteiger partial charge in [0.15, 0.2) is 6.79 Å². The van der Waals surface area contributed by atoms with Crippen LogP contribution in [0.4, 0.5) is 4.39 Å². The number of benzene rings is 1. The van der Waals surface area contributed by atoms with E-state index < -0.39 is 8.07 Å². The SMILES string of the molecule is C[Si](C)(C)CCOCOc1cccc(F)c1-c1ccn[nH]1. The molecule has 0 saturated heterocycles. The molecule has 0 aliphatic rings. The predicted octanol–water partition coefficient (Wildman–Crippen LogP) is 3.91. The molecule has 0 bridgehead atoms. The number of hydrogen-bond acceptors (Lipinski definition) is 3. The zero-order chi connectivity index (χ0) is 15.3. The summed E-state index contributed by atoms with van der Waals surface area (Å²) in [5.74, 6) is 0.103. The van der Waals surface area contributed by atoms with Crippen molar-refractivity contribution < 1.29 is 13.9 Å². The highest BCUT2D eigenvalue weighted by Crippen LogP contribution is 2.31. The van der Waals surface area contributed by atoms with Crippen LogP contribution in [0.25, 0.3) is 11.3 Å². The van der Waals surface area contributed by atoms with Crippen LogP contribution < -0.4 is 4.74 Å². The molecule has 2 aromatic rings. The molecule has 1 heterocycles. The molecular weight excluding hydrogens is 287 g/mol. The Morgan fingerprint density at radius 2 is 2.05 bits per heavy atom. The molecule has 114 valence electrons. The lowest BCUT2D eigenvalue weighted by Gasteiger charge is -2.16. The fourth-order valence-electron chi connectivity index (χ4n) is 1.82. The number of rotatable bonds is 7. The summed E-state index contributed by atoms with van der Waals surface area (Å²) in [5, 5.41) is 6.59. The molecule has 0 unspecified atom stereocenters. The molecule has 0 aliphatic carbocycles. The van der Waals surface area contributed by atoms with E-state index >= 15 is 0 Å². The van der Waals surface area contributed by atoms with Crippen molar-refractivity contribution in [3.05, 3.63) is 36.3 Å². The monoisotopic (exact) mass is 308 g/mol. The minimum Gasteiger partial charge on any atom is -0.467 e. The zero-order valence-corrected chi connectivity index (χ0v) is 13.6. The van der Waals surface area contributed by atoms with Crippen molar-refractivity contribution in [3.8, 4) is 17.0 Å². The molecular formula is C15H21FN2O2Si. The Labute approximate surface area is 125 Å². The molecule has 0 radical (unpaired) electrons. The highest BCUT2D eigenvalue weighted by molar-refractivity contribution is 6.76. The molecule has 0 fully saturated rings. The second-order valence-corrected chi connectivity index (χ2v) is 11.7. The number of H-pyrrole nitrogens is 1. The summed E-state index contributed by atoms with van der Waals surface area (Å²) in [6.07, 6.45) is 1.58. The van der Waals surface area contributed by atoms with Gasteiger partial charge in [-0.1, -0.05) is 25.7 Å². The van der Waals surface area contributed by atoms with E-state index in [1.54, 1.807) is 24.4 Å². The van der Waals surface area contributed by atoms with Crippen LogP contribution in [0.5, 0.6) is 5.75 Å². The Kier molecular flexibility index (Phi) is 5.14. The Morgan fingerprint density at radius 3 is 2.71 bits per heavy atom. The first-order valence-corrected chi connectivity index (χ1v) is 10.7. The van der Waals surface area contributed by atoms with Crippen LogP contribution in [-0.4, -0.2) is 31.7 Å². The van der Waals surface area contributed by atoms with Crippen molar-refractivity contribution in [3.63, 3.8) is 0 Å². The van der Waals surface area contributed by atoms with E-state index in [0.29, 0.717) is 23.6 Å². The Balaban J connectivity index is 1.96. The smallest absolute Gasteiger partial charge is 0.189 e. The first-order valence-electron chi connectivity index (χ1n) is 6.96. The maximum atomic E-state index is 14.0. The summed E-state index contributed by atoms with van der Waals surface area (Å²) >= 11 is 0. The standard InChI is InChI=1S/C15H21FN2O2Si/c1-21(2,3)10-9-19-11-20-14-6-4-5-12(16)15(14)13-7-8-17-18-13/h4-8H,9-11H2,1-3H3,(H,17,18). The van der Waals surface area contributed by atoms with Gasteiger partial charge in [0.2, 0.25) is 0 Å². The van der Waals surface area contributed by atoms with E-state index in [2.05, 4.69) is 29.8 Å². The second-order valence-electron chi connectivity index (χ2n) is 6.06. The van der Waals surface area contributed by atoms with Crippen LogP contribution in [0.3, 0.4) is 0 Å². The third-order valence-electron chi connectivity index (χ3n) is 3.04. The van der Waals surface area contributed by atoms with Crippen molar-refractivity contribution >= 4 is 8.07 Å². The van der Waals surface area contributed by atoms with Crippen molar-refractivity contribution in [2.24, 2.45) is 0 Å². The molecule has 2 rings (SSSR count). The van der Waals surface area contributed by atoms with Gasteiger partial charge in [-0.3, -0.25) is 5.10 Å². The molecule has 1 aromatic heterocycles. The average Bonchev–Trinajstić information content (AvgIpc) is 2.90.